The van der Waals surface area contributed by atoms with Crippen LogP contribution in [0.2, 0.25) is 0 Å². The van der Waals surface area contributed by atoms with E-state index in [0.717, 1.165) is 38.5 Å². The summed E-state index contributed by atoms with van der Waals surface area (Å²) in [5, 5.41) is 12.5. The van der Waals surface area contributed by atoms with Crippen molar-refractivity contribution in [3.63, 3.8) is 0 Å². The number of carbonyl (C=O) groups is 1. The van der Waals surface area contributed by atoms with Crippen LogP contribution in [0.1, 0.15) is 51.9 Å². The molecule has 0 aromatic rings. The monoisotopic (exact) mass is 255 g/mol. The van der Waals surface area contributed by atoms with Crippen LogP contribution in [-0.4, -0.2) is 35.9 Å². The molecule has 4 nitrogen and oxygen atoms in total. The van der Waals surface area contributed by atoms with E-state index in [2.05, 4.69) is 5.32 Å². The Labute approximate surface area is 109 Å². The van der Waals surface area contributed by atoms with Gasteiger partial charge >= 0.3 is 0 Å². The van der Waals surface area contributed by atoms with Gasteiger partial charge < -0.3 is 15.2 Å². The summed E-state index contributed by atoms with van der Waals surface area (Å²) in [7, 11) is 0. The molecule has 1 aliphatic heterocycles. The number of hydrogen-bond acceptors (Lipinski definition) is 3. The fourth-order valence-corrected chi connectivity index (χ4v) is 3.06. The van der Waals surface area contributed by atoms with Crippen LogP contribution in [0.3, 0.4) is 0 Å². The lowest BCUT2D eigenvalue weighted by atomic mass is 9.95. The van der Waals surface area contributed by atoms with E-state index in [0.29, 0.717) is 0 Å². The summed E-state index contributed by atoms with van der Waals surface area (Å²) in [4.78, 5) is 12.1. The van der Waals surface area contributed by atoms with Gasteiger partial charge in [0, 0.05) is 18.6 Å². The van der Waals surface area contributed by atoms with Gasteiger partial charge in [0.2, 0.25) is 5.91 Å². The highest BCUT2D eigenvalue weighted by Gasteiger charge is 2.31. The quantitative estimate of drug-likeness (QED) is 0.753. The fraction of sp³-hybridized carbons (Fsp3) is 0.929. The van der Waals surface area contributed by atoms with Crippen LogP contribution in [0.15, 0.2) is 0 Å². The first-order valence-electron chi connectivity index (χ1n) is 7.27. The van der Waals surface area contributed by atoms with Crippen LogP contribution >= 0.6 is 0 Å². The van der Waals surface area contributed by atoms with Crippen LogP contribution in [-0.2, 0) is 9.53 Å². The minimum atomic E-state index is -0.275. The molecule has 2 N–H and O–H groups in total. The zero-order valence-electron chi connectivity index (χ0n) is 11.2. The number of aliphatic hydroxyl groups is 1. The molecule has 0 spiro atoms. The molecule has 2 fully saturated rings. The maximum absolute atomic E-state index is 12.1. The van der Waals surface area contributed by atoms with E-state index in [1.807, 2.05) is 6.92 Å². The van der Waals surface area contributed by atoms with Crippen molar-refractivity contribution in [1.82, 2.24) is 5.32 Å². The average Bonchev–Trinajstić information content (AvgIpc) is 2.67. The zero-order chi connectivity index (χ0) is 13.0. The topological polar surface area (TPSA) is 58.6 Å². The smallest absolute Gasteiger partial charge is 0.249 e. The van der Waals surface area contributed by atoms with Crippen molar-refractivity contribution in [3.05, 3.63) is 0 Å². The van der Waals surface area contributed by atoms with Gasteiger partial charge in [-0.3, -0.25) is 4.79 Å². The largest absolute Gasteiger partial charge is 0.396 e. The minimum absolute atomic E-state index is 0.0182. The Balaban J connectivity index is 1.87. The molecule has 104 valence electrons. The van der Waals surface area contributed by atoms with Crippen molar-refractivity contribution in [2.75, 3.05) is 6.61 Å². The highest BCUT2D eigenvalue weighted by atomic mass is 16.5. The molecular formula is C14H25NO3. The van der Waals surface area contributed by atoms with Gasteiger partial charge in [-0.15, -0.1) is 0 Å². The van der Waals surface area contributed by atoms with Crippen molar-refractivity contribution >= 4 is 5.91 Å². The lowest BCUT2D eigenvalue weighted by molar-refractivity contribution is -0.133. The van der Waals surface area contributed by atoms with Gasteiger partial charge in [0.25, 0.3) is 0 Å². The summed E-state index contributed by atoms with van der Waals surface area (Å²) in [6.45, 7) is 2.18. The molecule has 0 bridgehead atoms. The number of hydrogen-bond donors (Lipinski definition) is 2. The van der Waals surface area contributed by atoms with Crippen molar-refractivity contribution < 1.29 is 14.6 Å². The second-order valence-corrected chi connectivity index (χ2v) is 5.71. The lowest BCUT2D eigenvalue weighted by Crippen LogP contribution is -2.45. The van der Waals surface area contributed by atoms with Crippen molar-refractivity contribution in [1.29, 1.82) is 0 Å². The summed E-state index contributed by atoms with van der Waals surface area (Å²) in [6.07, 6.45) is 7.22. The molecule has 1 saturated carbocycles. The molecule has 2 rings (SSSR count). The Bertz CT molecular complexity index is 282. The van der Waals surface area contributed by atoms with Crippen molar-refractivity contribution in [3.8, 4) is 0 Å². The van der Waals surface area contributed by atoms with Gasteiger partial charge in [0.05, 0.1) is 6.10 Å². The van der Waals surface area contributed by atoms with E-state index in [1.165, 1.54) is 6.42 Å². The molecule has 4 unspecified atom stereocenters. The van der Waals surface area contributed by atoms with E-state index in [4.69, 9.17) is 4.74 Å². The third-order valence-electron chi connectivity index (χ3n) is 4.25. The molecule has 4 atom stereocenters. The summed E-state index contributed by atoms with van der Waals surface area (Å²) < 4.78 is 5.59. The number of nitrogens with one attached hydrogen (secondary N) is 1. The molecule has 2 aliphatic rings. The standard InChI is InChI=1S/C14H25NO3/c1-10-7-8-13(18-10)14(17)15-12-6-4-2-3-5-11(12)9-16/h10-13,16H,2-9H2,1H3,(H,15,17). The summed E-state index contributed by atoms with van der Waals surface area (Å²) in [5.41, 5.74) is 0. The van der Waals surface area contributed by atoms with Crippen molar-refractivity contribution in [2.45, 2.75) is 70.1 Å². The Kier molecular flexibility index (Phi) is 5.01. The van der Waals surface area contributed by atoms with Gasteiger partial charge in [0.1, 0.15) is 6.10 Å². The summed E-state index contributed by atoms with van der Waals surface area (Å²) in [5.74, 6) is 0.236. The number of amides is 1. The SMILES string of the molecule is CC1CCC(C(=O)NC2CCCCCC2CO)O1. The van der Waals surface area contributed by atoms with Crippen LogP contribution < -0.4 is 5.32 Å². The number of aliphatic hydroxyl groups excluding tert-OH is 1. The molecule has 0 aromatic heterocycles. The second-order valence-electron chi connectivity index (χ2n) is 5.71. The Morgan fingerprint density at radius 2 is 2.00 bits per heavy atom. The Morgan fingerprint density at radius 3 is 2.67 bits per heavy atom. The lowest BCUT2D eigenvalue weighted by Gasteiger charge is -2.25. The van der Waals surface area contributed by atoms with Crippen molar-refractivity contribution in [2.24, 2.45) is 5.92 Å². The molecule has 0 aromatic carbocycles. The van der Waals surface area contributed by atoms with E-state index in [9.17, 15) is 9.90 Å². The van der Waals surface area contributed by atoms with Crippen LogP contribution in [0, 0.1) is 5.92 Å². The molecule has 1 heterocycles. The number of carbonyl (C=O) groups excluding carboxylic acids is 1. The third-order valence-corrected chi connectivity index (χ3v) is 4.25. The molecule has 18 heavy (non-hydrogen) atoms. The van der Waals surface area contributed by atoms with Crippen LogP contribution in [0.5, 0.6) is 0 Å². The van der Waals surface area contributed by atoms with Gasteiger partial charge in [-0.25, -0.2) is 0 Å². The molecule has 1 saturated heterocycles. The number of rotatable bonds is 3. The van der Waals surface area contributed by atoms with Crippen LogP contribution in [0.25, 0.3) is 0 Å². The normalized spacial score (nSPS) is 37.2. The first-order chi connectivity index (χ1) is 8.70. The molecule has 1 amide bonds. The Morgan fingerprint density at radius 1 is 1.22 bits per heavy atom. The first-order valence-corrected chi connectivity index (χ1v) is 7.27. The van der Waals surface area contributed by atoms with E-state index < -0.39 is 0 Å². The maximum atomic E-state index is 12.1. The molecular weight excluding hydrogens is 230 g/mol. The predicted molar refractivity (Wildman–Crippen MR) is 69.2 cm³/mol. The molecule has 1 aliphatic carbocycles. The minimum Gasteiger partial charge on any atom is -0.396 e. The Hall–Kier alpha value is -0.610. The van der Waals surface area contributed by atoms with E-state index in [1.54, 1.807) is 0 Å². The molecule has 4 heteroatoms. The zero-order valence-corrected chi connectivity index (χ0v) is 11.2. The highest BCUT2D eigenvalue weighted by molar-refractivity contribution is 5.81. The van der Waals surface area contributed by atoms with Gasteiger partial charge in [0.15, 0.2) is 0 Å². The summed E-state index contributed by atoms with van der Waals surface area (Å²) >= 11 is 0. The molecule has 0 radical (unpaired) electrons. The van der Waals surface area contributed by atoms with E-state index >= 15 is 0 Å². The van der Waals surface area contributed by atoms with Gasteiger partial charge in [-0.2, -0.15) is 0 Å². The highest BCUT2D eigenvalue weighted by Crippen LogP contribution is 2.24. The predicted octanol–water partition coefficient (Wildman–Crippen LogP) is 1.61. The van der Waals surface area contributed by atoms with Gasteiger partial charge in [-0.05, 0) is 32.6 Å². The maximum Gasteiger partial charge on any atom is 0.249 e. The van der Waals surface area contributed by atoms with Crippen LogP contribution in [0.4, 0.5) is 0 Å². The van der Waals surface area contributed by atoms with E-state index in [-0.39, 0.29) is 36.7 Å². The summed E-state index contributed by atoms with van der Waals surface area (Å²) in [6, 6.07) is 0.129. The fourth-order valence-electron chi connectivity index (χ4n) is 3.06. The second kappa shape index (κ2) is 6.53. The number of ether oxygens (including phenoxy) is 1. The average molecular weight is 255 g/mol. The first kappa shape index (κ1) is 13.8. The van der Waals surface area contributed by atoms with Gasteiger partial charge in [-0.1, -0.05) is 19.3 Å². The third kappa shape index (κ3) is 3.45.